The molecule has 2 aromatic rings. The van der Waals surface area contributed by atoms with Crippen LogP contribution in [-0.4, -0.2) is 13.1 Å². The van der Waals surface area contributed by atoms with Gasteiger partial charge in [0.25, 0.3) is 0 Å². The summed E-state index contributed by atoms with van der Waals surface area (Å²) < 4.78 is 0. The summed E-state index contributed by atoms with van der Waals surface area (Å²) in [5.74, 6) is 0. The second-order valence-corrected chi connectivity index (χ2v) is 4.41. The van der Waals surface area contributed by atoms with Crippen LogP contribution in [0, 0.1) is 0 Å². The predicted molar refractivity (Wildman–Crippen MR) is 75.4 cm³/mol. The summed E-state index contributed by atoms with van der Waals surface area (Å²) in [5, 5.41) is 0.0552. The molecule has 0 aliphatic heterocycles. The molecule has 0 N–H and O–H groups in total. The molecule has 0 heterocycles. The molecule has 0 aromatic heterocycles. The van der Waals surface area contributed by atoms with E-state index in [9.17, 15) is 9.59 Å². The number of nitrogens with zero attached hydrogens (tertiary/aromatic N) is 1. The standard InChI is InChI=1S/C14H14ClNO2/c1-3-16(4-2)10-8-6-5-7-9(10)11-12(15)14(18)13(11)17/h5-8H,3-4H2,1-2H3. The minimum atomic E-state index is -0.582. The van der Waals surface area contributed by atoms with Crippen LogP contribution in [0.1, 0.15) is 13.8 Å². The number of halogens is 1. The minimum absolute atomic E-state index is 0.0552. The molecular weight excluding hydrogens is 250 g/mol. The SMILES string of the molecule is CCN(CC)c1ccccc1-c1c(Cl)c(=O)c1=O. The first-order valence-electron chi connectivity index (χ1n) is 5.94. The largest absolute Gasteiger partial charge is 0.372 e. The molecule has 4 heteroatoms. The van der Waals surface area contributed by atoms with Gasteiger partial charge in [-0.25, -0.2) is 0 Å². The van der Waals surface area contributed by atoms with Crippen LogP contribution in [0.2, 0.25) is 5.02 Å². The third-order valence-electron chi connectivity index (χ3n) is 3.13. The van der Waals surface area contributed by atoms with Crippen LogP contribution in [0.3, 0.4) is 0 Å². The molecule has 0 spiro atoms. The Bertz CT molecular complexity index is 637. The Morgan fingerprint density at radius 2 is 1.67 bits per heavy atom. The van der Waals surface area contributed by atoms with Crippen molar-refractivity contribution in [3.63, 3.8) is 0 Å². The average Bonchev–Trinajstić information content (AvgIpc) is 2.41. The van der Waals surface area contributed by atoms with Crippen molar-refractivity contribution in [2.75, 3.05) is 18.0 Å². The van der Waals surface area contributed by atoms with Crippen LogP contribution in [-0.2, 0) is 0 Å². The Balaban J connectivity index is 2.60. The van der Waals surface area contributed by atoms with E-state index in [1.54, 1.807) is 0 Å². The molecule has 0 aliphatic rings. The number of benzene rings is 1. The fraction of sp³-hybridized carbons (Fsp3) is 0.286. The Hall–Kier alpha value is -1.61. The van der Waals surface area contributed by atoms with Gasteiger partial charge in [-0.3, -0.25) is 9.59 Å². The van der Waals surface area contributed by atoms with E-state index >= 15 is 0 Å². The van der Waals surface area contributed by atoms with Gasteiger partial charge in [-0.2, -0.15) is 0 Å². The Morgan fingerprint density at radius 1 is 1.06 bits per heavy atom. The van der Waals surface area contributed by atoms with Crippen molar-refractivity contribution in [1.29, 1.82) is 0 Å². The van der Waals surface area contributed by atoms with Gasteiger partial charge in [0.2, 0.25) is 10.9 Å². The quantitative estimate of drug-likeness (QED) is 0.795. The van der Waals surface area contributed by atoms with Crippen LogP contribution in [0.15, 0.2) is 33.9 Å². The van der Waals surface area contributed by atoms with E-state index in [1.165, 1.54) is 0 Å². The van der Waals surface area contributed by atoms with Crippen molar-refractivity contribution >= 4 is 17.3 Å². The Morgan fingerprint density at radius 3 is 2.22 bits per heavy atom. The number of para-hydroxylation sites is 1. The van der Waals surface area contributed by atoms with Crippen molar-refractivity contribution in [2.45, 2.75) is 13.8 Å². The van der Waals surface area contributed by atoms with Crippen LogP contribution in [0.5, 0.6) is 0 Å². The molecule has 0 saturated heterocycles. The lowest BCUT2D eigenvalue weighted by molar-refractivity contribution is 0.867. The maximum atomic E-state index is 11.6. The van der Waals surface area contributed by atoms with Crippen LogP contribution >= 0.6 is 11.6 Å². The molecule has 3 nitrogen and oxygen atoms in total. The summed E-state index contributed by atoms with van der Waals surface area (Å²) in [5.41, 5.74) is 0.970. The van der Waals surface area contributed by atoms with E-state index in [-0.39, 0.29) is 5.02 Å². The van der Waals surface area contributed by atoms with Crippen molar-refractivity contribution in [2.24, 2.45) is 0 Å². The van der Waals surface area contributed by atoms with E-state index in [1.807, 2.05) is 38.1 Å². The topological polar surface area (TPSA) is 37.4 Å². The summed E-state index contributed by atoms with van der Waals surface area (Å²) in [4.78, 5) is 25.0. The van der Waals surface area contributed by atoms with E-state index in [2.05, 4.69) is 4.90 Å². The number of anilines is 1. The summed E-state index contributed by atoms with van der Waals surface area (Å²) in [6.45, 7) is 5.76. The molecule has 0 bridgehead atoms. The van der Waals surface area contributed by atoms with Gasteiger partial charge < -0.3 is 4.90 Å². The first-order valence-corrected chi connectivity index (χ1v) is 6.32. The lowest BCUT2D eigenvalue weighted by atomic mass is 9.99. The molecule has 2 rings (SSSR count). The summed E-state index contributed by atoms with van der Waals surface area (Å²) >= 11 is 5.85. The number of hydrogen-bond donors (Lipinski definition) is 0. The first-order chi connectivity index (χ1) is 8.61. The highest BCUT2D eigenvalue weighted by atomic mass is 35.5. The van der Waals surface area contributed by atoms with Gasteiger partial charge in [0.1, 0.15) is 5.02 Å². The third kappa shape index (κ3) is 1.85. The zero-order chi connectivity index (χ0) is 13.3. The third-order valence-corrected chi connectivity index (χ3v) is 3.49. The molecule has 0 radical (unpaired) electrons. The maximum Gasteiger partial charge on any atom is 0.245 e. The monoisotopic (exact) mass is 263 g/mol. The first kappa shape index (κ1) is 12.8. The lowest BCUT2D eigenvalue weighted by Gasteiger charge is -2.24. The number of rotatable bonds is 4. The normalized spacial score (nSPS) is 10.8. The molecule has 0 aliphatic carbocycles. The summed E-state index contributed by atoms with van der Waals surface area (Å²) in [6.07, 6.45) is 0. The van der Waals surface area contributed by atoms with Crippen LogP contribution in [0.25, 0.3) is 11.1 Å². The zero-order valence-corrected chi connectivity index (χ0v) is 11.1. The molecular formula is C14H14ClNO2. The second-order valence-electron chi connectivity index (χ2n) is 4.04. The van der Waals surface area contributed by atoms with E-state index in [0.29, 0.717) is 5.56 Å². The Labute approximate surface area is 110 Å². The van der Waals surface area contributed by atoms with E-state index < -0.39 is 10.9 Å². The predicted octanol–water partition coefficient (Wildman–Crippen LogP) is 2.45. The van der Waals surface area contributed by atoms with Crippen molar-refractivity contribution < 1.29 is 0 Å². The van der Waals surface area contributed by atoms with Gasteiger partial charge in [0.15, 0.2) is 0 Å². The second kappa shape index (κ2) is 4.94. The van der Waals surface area contributed by atoms with Gasteiger partial charge in [0, 0.05) is 24.3 Å². The van der Waals surface area contributed by atoms with E-state index in [0.717, 1.165) is 24.3 Å². The van der Waals surface area contributed by atoms with Gasteiger partial charge in [-0.05, 0) is 19.9 Å². The van der Waals surface area contributed by atoms with Crippen molar-refractivity contribution in [1.82, 2.24) is 0 Å². The molecule has 0 amide bonds. The van der Waals surface area contributed by atoms with Gasteiger partial charge >= 0.3 is 0 Å². The zero-order valence-electron chi connectivity index (χ0n) is 10.4. The fourth-order valence-corrected chi connectivity index (χ4v) is 2.40. The fourth-order valence-electron chi connectivity index (χ4n) is 2.13. The Kier molecular flexibility index (Phi) is 3.53. The maximum absolute atomic E-state index is 11.6. The highest BCUT2D eigenvalue weighted by Crippen LogP contribution is 2.32. The molecule has 0 fully saturated rings. The lowest BCUT2D eigenvalue weighted by Crippen LogP contribution is -2.34. The van der Waals surface area contributed by atoms with Crippen LogP contribution < -0.4 is 15.8 Å². The molecule has 94 valence electrons. The molecule has 0 saturated carbocycles. The molecule has 18 heavy (non-hydrogen) atoms. The highest BCUT2D eigenvalue weighted by Gasteiger charge is 2.23. The average molecular weight is 264 g/mol. The molecule has 0 unspecified atom stereocenters. The molecule has 0 atom stereocenters. The summed E-state index contributed by atoms with van der Waals surface area (Å²) in [7, 11) is 0. The van der Waals surface area contributed by atoms with Crippen LogP contribution in [0.4, 0.5) is 5.69 Å². The van der Waals surface area contributed by atoms with Gasteiger partial charge in [-0.1, -0.05) is 29.8 Å². The summed E-state index contributed by atoms with van der Waals surface area (Å²) in [6, 6.07) is 7.53. The highest BCUT2D eigenvalue weighted by molar-refractivity contribution is 6.34. The molecule has 2 aromatic carbocycles. The minimum Gasteiger partial charge on any atom is -0.372 e. The van der Waals surface area contributed by atoms with Crippen molar-refractivity contribution in [3.05, 3.63) is 49.7 Å². The van der Waals surface area contributed by atoms with E-state index in [4.69, 9.17) is 11.6 Å². The van der Waals surface area contributed by atoms with Crippen molar-refractivity contribution in [3.8, 4) is 11.1 Å². The number of hydrogen-bond acceptors (Lipinski definition) is 3. The van der Waals surface area contributed by atoms with Gasteiger partial charge in [0.05, 0.1) is 5.56 Å². The van der Waals surface area contributed by atoms with Gasteiger partial charge in [-0.15, -0.1) is 0 Å². The smallest absolute Gasteiger partial charge is 0.245 e.